The minimum atomic E-state index is -0.0727. The normalized spacial score (nSPS) is 13.7. The van der Waals surface area contributed by atoms with E-state index in [0.29, 0.717) is 18.9 Å². The fraction of sp³-hybridized carbons (Fsp3) is 0.867. The zero-order valence-corrected chi connectivity index (χ0v) is 12.9. The zero-order chi connectivity index (χ0) is 14.7. The number of Topliss-reactive ketones (excluding diaryl/α,β-unsaturated/α-hetero) is 1. The molecule has 0 bridgehead atoms. The molecule has 2 amide bonds. The van der Waals surface area contributed by atoms with Gasteiger partial charge >= 0.3 is 6.03 Å². The van der Waals surface area contributed by atoms with Gasteiger partial charge in [-0.1, -0.05) is 26.7 Å². The van der Waals surface area contributed by atoms with Crippen molar-refractivity contribution in [2.24, 2.45) is 5.92 Å². The van der Waals surface area contributed by atoms with Crippen molar-refractivity contribution in [2.45, 2.75) is 72.3 Å². The SMILES string of the molecule is CCCC(NC(=O)NCC)[C@H](C)CCCCC(C)=O. The molecule has 0 radical (unpaired) electrons. The molecule has 0 aliphatic carbocycles. The number of carbonyl (C=O) groups excluding carboxylic acids is 2. The average Bonchev–Trinajstić information content (AvgIpc) is 2.34. The number of amides is 2. The molecular formula is C15H30N2O2. The molecule has 2 atom stereocenters. The fourth-order valence-electron chi connectivity index (χ4n) is 2.23. The van der Waals surface area contributed by atoms with Crippen LogP contribution in [0.1, 0.15) is 66.2 Å². The van der Waals surface area contributed by atoms with Crippen molar-refractivity contribution in [3.8, 4) is 0 Å². The molecule has 0 saturated carbocycles. The fourth-order valence-corrected chi connectivity index (χ4v) is 2.23. The third-order valence-electron chi connectivity index (χ3n) is 3.38. The van der Waals surface area contributed by atoms with Gasteiger partial charge in [0.25, 0.3) is 0 Å². The van der Waals surface area contributed by atoms with Crippen LogP contribution in [0.3, 0.4) is 0 Å². The molecule has 0 heterocycles. The van der Waals surface area contributed by atoms with E-state index in [0.717, 1.165) is 32.1 Å². The summed E-state index contributed by atoms with van der Waals surface area (Å²) in [5.41, 5.74) is 0. The Morgan fingerprint density at radius 1 is 1.11 bits per heavy atom. The lowest BCUT2D eigenvalue weighted by Crippen LogP contribution is -2.44. The molecule has 0 aromatic carbocycles. The van der Waals surface area contributed by atoms with Crippen molar-refractivity contribution in [1.29, 1.82) is 0 Å². The van der Waals surface area contributed by atoms with Crippen LogP contribution in [-0.4, -0.2) is 24.4 Å². The number of unbranched alkanes of at least 4 members (excludes halogenated alkanes) is 1. The van der Waals surface area contributed by atoms with Gasteiger partial charge in [0, 0.05) is 19.0 Å². The standard InChI is InChI=1S/C15H30N2O2/c1-5-9-14(17-15(19)16-6-2)12(3)10-7-8-11-13(4)18/h12,14H,5-11H2,1-4H3,(H2,16,17,19)/t12-,14?/m1/s1. The van der Waals surface area contributed by atoms with Gasteiger partial charge in [0.2, 0.25) is 0 Å². The highest BCUT2D eigenvalue weighted by atomic mass is 16.2. The highest BCUT2D eigenvalue weighted by molar-refractivity contribution is 5.75. The quantitative estimate of drug-likeness (QED) is 0.599. The van der Waals surface area contributed by atoms with Crippen LogP contribution in [0.5, 0.6) is 0 Å². The summed E-state index contributed by atoms with van der Waals surface area (Å²) < 4.78 is 0. The van der Waals surface area contributed by atoms with Gasteiger partial charge in [-0.25, -0.2) is 4.79 Å². The van der Waals surface area contributed by atoms with E-state index in [1.54, 1.807) is 6.92 Å². The lowest BCUT2D eigenvalue weighted by molar-refractivity contribution is -0.117. The van der Waals surface area contributed by atoms with Gasteiger partial charge in [-0.3, -0.25) is 0 Å². The predicted molar refractivity (Wildman–Crippen MR) is 79.2 cm³/mol. The minimum Gasteiger partial charge on any atom is -0.338 e. The number of carbonyl (C=O) groups is 2. The van der Waals surface area contributed by atoms with Gasteiger partial charge in [-0.15, -0.1) is 0 Å². The molecule has 0 fully saturated rings. The van der Waals surface area contributed by atoms with E-state index in [1.807, 2.05) is 6.92 Å². The molecule has 4 nitrogen and oxygen atoms in total. The second-order valence-corrected chi connectivity index (χ2v) is 5.32. The second kappa shape index (κ2) is 10.8. The number of nitrogens with one attached hydrogen (secondary N) is 2. The van der Waals surface area contributed by atoms with Crippen LogP contribution >= 0.6 is 0 Å². The van der Waals surface area contributed by atoms with Crippen molar-refractivity contribution in [3.63, 3.8) is 0 Å². The van der Waals surface area contributed by atoms with Crippen LogP contribution in [0.2, 0.25) is 0 Å². The Hall–Kier alpha value is -1.06. The smallest absolute Gasteiger partial charge is 0.315 e. The van der Waals surface area contributed by atoms with Gasteiger partial charge in [-0.05, 0) is 39.0 Å². The van der Waals surface area contributed by atoms with E-state index in [9.17, 15) is 9.59 Å². The van der Waals surface area contributed by atoms with Crippen LogP contribution in [-0.2, 0) is 4.79 Å². The summed E-state index contributed by atoms with van der Waals surface area (Å²) in [6, 6.07) is 0.158. The second-order valence-electron chi connectivity index (χ2n) is 5.32. The molecule has 0 spiro atoms. The first-order valence-electron chi connectivity index (χ1n) is 7.55. The molecule has 112 valence electrons. The van der Waals surface area contributed by atoms with Gasteiger partial charge < -0.3 is 15.4 Å². The first-order chi connectivity index (χ1) is 9.01. The minimum absolute atomic E-state index is 0.0727. The van der Waals surface area contributed by atoms with Gasteiger partial charge in [0.05, 0.1) is 0 Å². The summed E-state index contributed by atoms with van der Waals surface area (Å²) in [5, 5.41) is 5.83. The molecule has 0 aliphatic heterocycles. The Balaban J connectivity index is 4.05. The van der Waals surface area contributed by atoms with Crippen molar-refractivity contribution < 1.29 is 9.59 Å². The third kappa shape index (κ3) is 9.51. The maximum atomic E-state index is 11.6. The Labute approximate surface area is 117 Å². The number of ketones is 1. The molecule has 0 aliphatic rings. The molecule has 0 aromatic heterocycles. The Kier molecular flexibility index (Phi) is 10.2. The Bertz CT molecular complexity index is 267. The lowest BCUT2D eigenvalue weighted by Gasteiger charge is -2.25. The van der Waals surface area contributed by atoms with Crippen LogP contribution in [0.15, 0.2) is 0 Å². The van der Waals surface area contributed by atoms with Crippen molar-refractivity contribution in [2.75, 3.05) is 6.54 Å². The van der Waals surface area contributed by atoms with E-state index in [4.69, 9.17) is 0 Å². The number of hydrogen-bond acceptors (Lipinski definition) is 2. The van der Waals surface area contributed by atoms with E-state index >= 15 is 0 Å². The van der Waals surface area contributed by atoms with Crippen molar-refractivity contribution in [1.82, 2.24) is 10.6 Å². The monoisotopic (exact) mass is 270 g/mol. The van der Waals surface area contributed by atoms with E-state index < -0.39 is 0 Å². The number of rotatable bonds is 10. The van der Waals surface area contributed by atoms with Gasteiger partial charge in [0.1, 0.15) is 5.78 Å². The van der Waals surface area contributed by atoms with E-state index in [-0.39, 0.29) is 17.9 Å². The van der Waals surface area contributed by atoms with E-state index in [2.05, 4.69) is 24.5 Å². The number of hydrogen-bond donors (Lipinski definition) is 2. The Morgan fingerprint density at radius 2 is 1.79 bits per heavy atom. The zero-order valence-electron chi connectivity index (χ0n) is 12.9. The summed E-state index contributed by atoms with van der Waals surface area (Å²) in [6.45, 7) is 8.52. The predicted octanol–water partition coefficient (Wildman–Crippen LogP) is 3.26. The van der Waals surface area contributed by atoms with Crippen LogP contribution in [0.4, 0.5) is 4.79 Å². The average molecular weight is 270 g/mol. The molecular weight excluding hydrogens is 240 g/mol. The van der Waals surface area contributed by atoms with Gasteiger partial charge in [0.15, 0.2) is 0 Å². The molecule has 1 unspecified atom stereocenters. The molecule has 19 heavy (non-hydrogen) atoms. The van der Waals surface area contributed by atoms with Crippen molar-refractivity contribution >= 4 is 11.8 Å². The summed E-state index contributed by atoms with van der Waals surface area (Å²) in [5.74, 6) is 0.715. The molecule has 0 aromatic rings. The molecule has 0 rings (SSSR count). The van der Waals surface area contributed by atoms with Crippen molar-refractivity contribution in [3.05, 3.63) is 0 Å². The van der Waals surface area contributed by atoms with E-state index in [1.165, 1.54) is 0 Å². The maximum absolute atomic E-state index is 11.6. The highest BCUT2D eigenvalue weighted by Gasteiger charge is 2.18. The number of urea groups is 1. The largest absolute Gasteiger partial charge is 0.338 e. The van der Waals surface area contributed by atoms with Gasteiger partial charge in [-0.2, -0.15) is 0 Å². The summed E-state index contributed by atoms with van der Waals surface area (Å²) in [4.78, 5) is 22.5. The molecule has 4 heteroatoms. The summed E-state index contributed by atoms with van der Waals surface area (Å²) in [6.07, 6.45) is 5.82. The van der Waals surface area contributed by atoms with Crippen LogP contribution < -0.4 is 10.6 Å². The maximum Gasteiger partial charge on any atom is 0.315 e. The molecule has 0 saturated heterocycles. The lowest BCUT2D eigenvalue weighted by atomic mass is 9.92. The van der Waals surface area contributed by atoms with Crippen LogP contribution in [0, 0.1) is 5.92 Å². The molecule has 2 N–H and O–H groups in total. The summed E-state index contributed by atoms with van der Waals surface area (Å²) >= 11 is 0. The Morgan fingerprint density at radius 3 is 2.32 bits per heavy atom. The topological polar surface area (TPSA) is 58.2 Å². The summed E-state index contributed by atoms with van der Waals surface area (Å²) in [7, 11) is 0. The highest BCUT2D eigenvalue weighted by Crippen LogP contribution is 2.17. The first kappa shape index (κ1) is 17.9. The first-order valence-corrected chi connectivity index (χ1v) is 7.55. The third-order valence-corrected chi connectivity index (χ3v) is 3.38. The van der Waals surface area contributed by atoms with Crippen LogP contribution in [0.25, 0.3) is 0 Å².